The van der Waals surface area contributed by atoms with Gasteiger partial charge in [0, 0.05) is 17.9 Å². The Hall–Kier alpha value is -1.28. The second kappa shape index (κ2) is 6.08. The van der Waals surface area contributed by atoms with E-state index >= 15 is 0 Å². The molecule has 0 bridgehead atoms. The molecule has 0 saturated heterocycles. The number of halogens is 7. The minimum Gasteiger partial charge on any atom is -0.453 e. The van der Waals surface area contributed by atoms with Crippen LogP contribution in [0, 0.1) is 11.8 Å². The van der Waals surface area contributed by atoms with E-state index in [2.05, 4.69) is 11.3 Å². The van der Waals surface area contributed by atoms with Crippen LogP contribution in [-0.2, 0) is 9.53 Å². The van der Waals surface area contributed by atoms with Crippen LogP contribution in [0.3, 0.4) is 0 Å². The maximum Gasteiger partial charge on any atom is 0.330 e. The Labute approximate surface area is 121 Å². The normalized spacial score (nSPS) is 51.8. The molecule has 0 aromatic heterocycles. The molecule has 0 N–H and O–H groups in total. The lowest BCUT2D eigenvalue weighted by Gasteiger charge is -2.48. The van der Waals surface area contributed by atoms with Gasteiger partial charge in [-0.25, -0.2) is 35.5 Å². The summed E-state index contributed by atoms with van der Waals surface area (Å²) in [5.74, 6) is -5.92. The van der Waals surface area contributed by atoms with Crippen LogP contribution >= 0.6 is 0 Å². The molecule has 9 heteroatoms. The highest BCUT2D eigenvalue weighted by Gasteiger charge is 2.65. The third-order valence-electron chi connectivity index (χ3n) is 4.18. The first-order valence-corrected chi connectivity index (χ1v) is 6.54. The van der Waals surface area contributed by atoms with Gasteiger partial charge >= 0.3 is 5.97 Å². The van der Waals surface area contributed by atoms with Crippen molar-refractivity contribution in [2.24, 2.45) is 11.8 Å². The zero-order valence-electron chi connectivity index (χ0n) is 11.0. The number of rotatable bonds is 2. The van der Waals surface area contributed by atoms with Gasteiger partial charge in [-0.2, -0.15) is 0 Å². The topological polar surface area (TPSA) is 26.3 Å². The molecule has 0 radical (unpaired) electrons. The minimum atomic E-state index is -3.01. The van der Waals surface area contributed by atoms with Crippen LogP contribution < -0.4 is 0 Å². The molecule has 10 atom stereocenters. The van der Waals surface area contributed by atoms with Crippen LogP contribution in [0.25, 0.3) is 0 Å². The number of carbonyl (C=O) groups is 1. The largest absolute Gasteiger partial charge is 0.453 e. The van der Waals surface area contributed by atoms with E-state index in [1.807, 2.05) is 0 Å². The van der Waals surface area contributed by atoms with Crippen LogP contribution in [0.15, 0.2) is 12.7 Å². The van der Waals surface area contributed by atoms with Gasteiger partial charge in [-0.15, -0.1) is 0 Å². The molecular formula is C13H13F7O2. The van der Waals surface area contributed by atoms with Crippen molar-refractivity contribution in [1.29, 1.82) is 0 Å². The van der Waals surface area contributed by atoms with Crippen molar-refractivity contribution < 1.29 is 40.3 Å². The first-order chi connectivity index (χ1) is 10.2. The Morgan fingerprint density at radius 3 is 1.59 bits per heavy atom. The molecule has 0 spiro atoms. The smallest absolute Gasteiger partial charge is 0.330 e. The molecule has 2 fully saturated rings. The third-order valence-corrected chi connectivity index (χ3v) is 4.18. The highest BCUT2D eigenvalue weighted by molar-refractivity contribution is 5.81. The maximum atomic E-state index is 14.2. The molecular weight excluding hydrogens is 321 g/mol. The van der Waals surface area contributed by atoms with Crippen LogP contribution in [0.4, 0.5) is 30.7 Å². The summed E-state index contributed by atoms with van der Waals surface area (Å²) in [7, 11) is 0. The Balaban J connectivity index is 2.34. The summed E-state index contributed by atoms with van der Waals surface area (Å²) in [5.41, 5.74) is 0. The van der Waals surface area contributed by atoms with Gasteiger partial charge in [-0.05, 0) is 0 Å². The molecule has 2 nitrogen and oxygen atoms in total. The number of fused-ring (bicyclic) bond motifs is 1. The van der Waals surface area contributed by atoms with Gasteiger partial charge in [0.25, 0.3) is 0 Å². The van der Waals surface area contributed by atoms with E-state index in [0.29, 0.717) is 6.08 Å². The molecule has 10 unspecified atom stereocenters. The Bertz CT molecular complexity index is 448. The van der Waals surface area contributed by atoms with Crippen molar-refractivity contribution in [3.05, 3.63) is 12.7 Å². The van der Waals surface area contributed by atoms with E-state index in [0.717, 1.165) is 0 Å². The Morgan fingerprint density at radius 1 is 0.727 bits per heavy atom. The number of alkyl halides is 7. The SMILES string of the molecule is C=CC(=O)OC1C(F)C(F)C2C(F)C(F)C(F)C(F)C2C1F. The number of hydrogen-bond donors (Lipinski definition) is 0. The lowest BCUT2D eigenvalue weighted by molar-refractivity contribution is -0.202. The summed E-state index contributed by atoms with van der Waals surface area (Å²) in [6.07, 6.45) is -22.0. The average molecular weight is 334 g/mol. The van der Waals surface area contributed by atoms with Gasteiger partial charge in [0.15, 0.2) is 24.6 Å². The standard InChI is InChI=1S/C13H13F7O2/c1-2-3(21)22-13-9(17)5-4(8(16)12(13)20)6(14)10(18)11(19)7(5)15/h2,4-13H,1H2. The van der Waals surface area contributed by atoms with Gasteiger partial charge < -0.3 is 4.74 Å². The molecule has 2 saturated carbocycles. The van der Waals surface area contributed by atoms with E-state index in [1.54, 1.807) is 0 Å². The Morgan fingerprint density at radius 2 is 1.14 bits per heavy atom. The van der Waals surface area contributed by atoms with Crippen molar-refractivity contribution in [2.45, 2.75) is 49.3 Å². The zero-order valence-corrected chi connectivity index (χ0v) is 11.0. The van der Waals surface area contributed by atoms with Crippen molar-refractivity contribution in [3.8, 4) is 0 Å². The van der Waals surface area contributed by atoms with Crippen molar-refractivity contribution in [2.75, 3.05) is 0 Å². The van der Waals surface area contributed by atoms with Crippen molar-refractivity contribution in [3.63, 3.8) is 0 Å². The predicted octanol–water partition coefficient (Wildman–Crippen LogP) is 2.71. The molecule has 2 rings (SSSR count). The van der Waals surface area contributed by atoms with Crippen LogP contribution in [0.1, 0.15) is 0 Å². The van der Waals surface area contributed by atoms with Gasteiger partial charge in [0.1, 0.15) is 24.7 Å². The predicted molar refractivity (Wildman–Crippen MR) is 61.3 cm³/mol. The van der Waals surface area contributed by atoms with Gasteiger partial charge in [0.2, 0.25) is 0 Å². The van der Waals surface area contributed by atoms with E-state index in [9.17, 15) is 35.5 Å². The fourth-order valence-electron chi connectivity index (χ4n) is 3.08. The number of carbonyl (C=O) groups excluding carboxylic acids is 1. The van der Waals surface area contributed by atoms with E-state index in [-0.39, 0.29) is 0 Å². The first-order valence-electron chi connectivity index (χ1n) is 6.54. The maximum absolute atomic E-state index is 14.2. The zero-order chi connectivity index (χ0) is 16.8. The third kappa shape index (κ3) is 2.48. The minimum absolute atomic E-state index is 0.542. The average Bonchev–Trinajstić information content (AvgIpc) is 2.50. The lowest BCUT2D eigenvalue weighted by Crippen LogP contribution is -2.66. The molecule has 2 aliphatic carbocycles. The monoisotopic (exact) mass is 334 g/mol. The summed E-state index contributed by atoms with van der Waals surface area (Å²) in [6.45, 7) is 2.97. The highest BCUT2D eigenvalue weighted by Crippen LogP contribution is 2.49. The van der Waals surface area contributed by atoms with Crippen molar-refractivity contribution in [1.82, 2.24) is 0 Å². The van der Waals surface area contributed by atoms with E-state index < -0.39 is 67.1 Å². The second-order valence-corrected chi connectivity index (χ2v) is 5.37. The van der Waals surface area contributed by atoms with Gasteiger partial charge in [0.05, 0.1) is 0 Å². The molecule has 2 aliphatic rings. The van der Waals surface area contributed by atoms with Crippen LogP contribution in [-0.4, -0.2) is 55.3 Å². The molecule has 22 heavy (non-hydrogen) atoms. The molecule has 0 aromatic rings. The fourth-order valence-corrected chi connectivity index (χ4v) is 3.08. The quantitative estimate of drug-likeness (QED) is 0.441. The number of ether oxygens (including phenoxy) is 1. The molecule has 0 aliphatic heterocycles. The molecule has 0 amide bonds. The fraction of sp³-hybridized carbons (Fsp3) is 0.769. The summed E-state index contributed by atoms with van der Waals surface area (Å²) in [4.78, 5) is 11.0. The van der Waals surface area contributed by atoms with Crippen LogP contribution in [0.5, 0.6) is 0 Å². The van der Waals surface area contributed by atoms with Gasteiger partial charge in [-0.1, -0.05) is 6.58 Å². The number of hydrogen-bond acceptors (Lipinski definition) is 2. The van der Waals surface area contributed by atoms with Crippen LogP contribution in [0.2, 0.25) is 0 Å². The molecule has 0 aromatic carbocycles. The summed E-state index contributed by atoms with van der Waals surface area (Å²) in [5, 5.41) is 0. The Kier molecular flexibility index (Phi) is 4.72. The summed E-state index contributed by atoms with van der Waals surface area (Å²) in [6, 6.07) is 0. The lowest BCUT2D eigenvalue weighted by atomic mass is 9.64. The summed E-state index contributed by atoms with van der Waals surface area (Å²) >= 11 is 0. The first kappa shape index (κ1) is 17.1. The molecule has 126 valence electrons. The van der Waals surface area contributed by atoms with Gasteiger partial charge in [-0.3, -0.25) is 0 Å². The molecule has 0 heterocycles. The highest BCUT2D eigenvalue weighted by atomic mass is 19.2. The summed E-state index contributed by atoms with van der Waals surface area (Å²) < 4.78 is 100. The van der Waals surface area contributed by atoms with E-state index in [4.69, 9.17) is 0 Å². The second-order valence-electron chi connectivity index (χ2n) is 5.37. The van der Waals surface area contributed by atoms with Crippen molar-refractivity contribution >= 4 is 5.97 Å². The number of esters is 1. The van der Waals surface area contributed by atoms with E-state index in [1.165, 1.54) is 0 Å².